The Balaban J connectivity index is 2.13. The number of rotatable bonds is 4. The van der Waals surface area contributed by atoms with Crippen molar-refractivity contribution in [3.05, 3.63) is 53.1 Å². The molecule has 0 saturated heterocycles. The van der Waals surface area contributed by atoms with Gasteiger partial charge in [-0.05, 0) is 38.3 Å². The molecule has 0 aromatic carbocycles. The third kappa shape index (κ3) is 4.42. The van der Waals surface area contributed by atoms with Gasteiger partial charge in [-0.25, -0.2) is 9.78 Å². The van der Waals surface area contributed by atoms with Crippen LogP contribution in [0.2, 0.25) is 5.15 Å². The van der Waals surface area contributed by atoms with E-state index < -0.39 is 11.7 Å². The number of amides is 1. The van der Waals surface area contributed by atoms with E-state index in [2.05, 4.69) is 28.9 Å². The van der Waals surface area contributed by atoms with E-state index in [9.17, 15) is 4.79 Å². The quantitative estimate of drug-likeness (QED) is 0.584. The van der Waals surface area contributed by atoms with Crippen LogP contribution in [-0.2, 0) is 11.3 Å². The molecule has 8 heteroatoms. The Morgan fingerprint density at radius 1 is 1.32 bits per heavy atom. The van der Waals surface area contributed by atoms with Gasteiger partial charge in [-0.2, -0.15) is 9.61 Å². The molecule has 1 amide bonds. The number of hydrogen-bond donors (Lipinski definition) is 0. The van der Waals surface area contributed by atoms with Gasteiger partial charge in [0.2, 0.25) is 0 Å². The Kier molecular flexibility index (Phi) is 5.56. The maximum absolute atomic E-state index is 13.0. The van der Waals surface area contributed by atoms with Crippen molar-refractivity contribution in [1.82, 2.24) is 19.6 Å². The summed E-state index contributed by atoms with van der Waals surface area (Å²) in [6.45, 7) is 9.85. The van der Waals surface area contributed by atoms with Crippen molar-refractivity contribution in [1.29, 1.82) is 0 Å². The van der Waals surface area contributed by atoms with Gasteiger partial charge in [0.25, 0.3) is 0 Å². The maximum atomic E-state index is 13.0. The molecule has 7 nitrogen and oxygen atoms in total. The molecule has 0 fully saturated rings. The third-order valence-corrected chi connectivity index (χ3v) is 4.22. The summed E-state index contributed by atoms with van der Waals surface area (Å²) in [7, 11) is 0. The number of nitrogens with zero attached hydrogens (tertiary/aromatic N) is 5. The van der Waals surface area contributed by atoms with Crippen molar-refractivity contribution >= 4 is 29.2 Å². The van der Waals surface area contributed by atoms with Gasteiger partial charge in [0.15, 0.2) is 5.65 Å². The Bertz CT molecular complexity index is 979. The number of aromatic nitrogens is 4. The van der Waals surface area contributed by atoms with Crippen molar-refractivity contribution in [3.63, 3.8) is 0 Å². The summed E-state index contributed by atoms with van der Waals surface area (Å²) < 4.78 is 7.26. The molecule has 0 saturated carbocycles. The lowest BCUT2D eigenvalue weighted by Crippen LogP contribution is -2.37. The van der Waals surface area contributed by atoms with Gasteiger partial charge in [0.1, 0.15) is 16.6 Å². The van der Waals surface area contributed by atoms with E-state index in [4.69, 9.17) is 16.3 Å². The van der Waals surface area contributed by atoms with Gasteiger partial charge < -0.3 is 4.74 Å². The molecular formula is C20H24ClN5O2. The van der Waals surface area contributed by atoms with Gasteiger partial charge in [-0.15, -0.1) is 0 Å². The number of halogens is 1. The molecule has 3 aromatic heterocycles. The first-order valence-electron chi connectivity index (χ1n) is 9.09. The summed E-state index contributed by atoms with van der Waals surface area (Å²) in [5, 5.41) is 4.73. The van der Waals surface area contributed by atoms with Crippen LogP contribution < -0.4 is 4.90 Å². The second-order valence-electron chi connectivity index (χ2n) is 7.85. The van der Waals surface area contributed by atoms with Gasteiger partial charge in [-0.3, -0.25) is 9.88 Å². The fraction of sp³-hybridized carbons (Fsp3) is 0.400. The minimum Gasteiger partial charge on any atom is -0.443 e. The van der Waals surface area contributed by atoms with Crippen molar-refractivity contribution in [2.24, 2.45) is 0 Å². The van der Waals surface area contributed by atoms with E-state index in [1.807, 2.05) is 32.9 Å². The Morgan fingerprint density at radius 3 is 2.68 bits per heavy atom. The molecule has 0 N–H and O–H groups in total. The van der Waals surface area contributed by atoms with E-state index in [1.54, 1.807) is 29.2 Å². The summed E-state index contributed by atoms with van der Waals surface area (Å²) in [5.74, 6) is 0.699. The van der Waals surface area contributed by atoms with Crippen LogP contribution in [0.25, 0.3) is 5.65 Å². The first-order chi connectivity index (χ1) is 13.2. The number of fused-ring (bicyclic) bond motifs is 1. The molecule has 3 aromatic rings. The van der Waals surface area contributed by atoms with Crippen LogP contribution in [0.4, 0.5) is 10.6 Å². The molecule has 3 heterocycles. The number of hydrogen-bond acceptors (Lipinski definition) is 5. The maximum Gasteiger partial charge on any atom is 0.416 e. The van der Waals surface area contributed by atoms with Crippen LogP contribution >= 0.6 is 11.6 Å². The van der Waals surface area contributed by atoms with E-state index in [0.717, 1.165) is 11.1 Å². The summed E-state index contributed by atoms with van der Waals surface area (Å²) in [4.78, 5) is 23.1. The highest BCUT2D eigenvalue weighted by Gasteiger charge is 2.27. The van der Waals surface area contributed by atoms with Crippen molar-refractivity contribution in [2.45, 2.75) is 52.7 Å². The first kappa shape index (κ1) is 20.1. The molecule has 0 aliphatic carbocycles. The minimum absolute atomic E-state index is 0.213. The summed E-state index contributed by atoms with van der Waals surface area (Å²) in [5.41, 5.74) is 1.78. The molecule has 0 atom stereocenters. The molecule has 0 radical (unpaired) electrons. The Morgan fingerprint density at radius 2 is 2.07 bits per heavy atom. The van der Waals surface area contributed by atoms with Crippen LogP contribution in [0.15, 0.2) is 36.8 Å². The second-order valence-corrected chi connectivity index (χ2v) is 8.24. The smallest absolute Gasteiger partial charge is 0.416 e. The highest BCUT2D eigenvalue weighted by molar-refractivity contribution is 6.29. The number of anilines is 1. The van der Waals surface area contributed by atoms with Crippen molar-refractivity contribution < 1.29 is 9.53 Å². The second kappa shape index (κ2) is 7.75. The number of ether oxygens (including phenoxy) is 1. The summed E-state index contributed by atoms with van der Waals surface area (Å²) in [6.07, 6.45) is 4.65. The van der Waals surface area contributed by atoms with Gasteiger partial charge in [0.05, 0.1) is 12.7 Å². The molecule has 3 rings (SSSR count). The van der Waals surface area contributed by atoms with Gasteiger partial charge >= 0.3 is 6.09 Å². The number of carbonyl (C=O) groups is 1. The number of carbonyl (C=O) groups excluding carboxylic acids is 1. The largest absolute Gasteiger partial charge is 0.443 e. The SMILES string of the molecule is CC(C)c1cnn2c(N(Cc3cccnc3)C(=O)OC(C)(C)C)cc(Cl)nc12. The van der Waals surface area contributed by atoms with E-state index >= 15 is 0 Å². The summed E-state index contributed by atoms with van der Waals surface area (Å²) in [6, 6.07) is 5.33. The van der Waals surface area contributed by atoms with E-state index in [0.29, 0.717) is 11.5 Å². The molecular weight excluding hydrogens is 378 g/mol. The van der Waals surface area contributed by atoms with Gasteiger partial charge in [0, 0.05) is 24.0 Å². The fourth-order valence-corrected chi connectivity index (χ4v) is 2.94. The molecule has 0 spiro atoms. The highest BCUT2D eigenvalue weighted by atomic mass is 35.5. The molecule has 0 aliphatic heterocycles. The monoisotopic (exact) mass is 401 g/mol. The van der Waals surface area contributed by atoms with E-state index in [1.165, 1.54) is 4.90 Å². The van der Waals surface area contributed by atoms with Crippen molar-refractivity contribution in [2.75, 3.05) is 4.90 Å². The lowest BCUT2D eigenvalue weighted by molar-refractivity contribution is 0.0575. The van der Waals surface area contributed by atoms with Crippen LogP contribution in [0.1, 0.15) is 51.7 Å². The number of pyridine rings is 1. The van der Waals surface area contributed by atoms with Crippen LogP contribution in [0.3, 0.4) is 0 Å². The zero-order chi connectivity index (χ0) is 20.5. The zero-order valence-corrected chi connectivity index (χ0v) is 17.4. The van der Waals surface area contributed by atoms with Crippen LogP contribution in [-0.4, -0.2) is 31.3 Å². The average molecular weight is 402 g/mol. The third-order valence-electron chi connectivity index (χ3n) is 4.02. The molecule has 0 unspecified atom stereocenters. The minimum atomic E-state index is -0.645. The Hall–Kier alpha value is -2.67. The van der Waals surface area contributed by atoms with Crippen molar-refractivity contribution in [3.8, 4) is 0 Å². The first-order valence-corrected chi connectivity index (χ1v) is 9.47. The highest BCUT2D eigenvalue weighted by Crippen LogP contribution is 2.28. The van der Waals surface area contributed by atoms with Crippen LogP contribution in [0.5, 0.6) is 0 Å². The molecule has 28 heavy (non-hydrogen) atoms. The molecule has 0 bridgehead atoms. The fourth-order valence-electron chi connectivity index (χ4n) is 2.77. The van der Waals surface area contributed by atoms with Gasteiger partial charge in [-0.1, -0.05) is 31.5 Å². The predicted octanol–water partition coefficient (Wildman–Crippen LogP) is 4.84. The lowest BCUT2D eigenvalue weighted by Gasteiger charge is -2.27. The molecule has 0 aliphatic rings. The summed E-state index contributed by atoms with van der Waals surface area (Å²) >= 11 is 6.30. The van der Waals surface area contributed by atoms with Crippen LogP contribution in [0, 0.1) is 0 Å². The molecule has 148 valence electrons. The average Bonchev–Trinajstić information content (AvgIpc) is 3.02. The lowest BCUT2D eigenvalue weighted by atomic mass is 10.1. The van der Waals surface area contributed by atoms with E-state index in [-0.39, 0.29) is 17.6 Å². The normalized spacial score (nSPS) is 11.8. The zero-order valence-electron chi connectivity index (χ0n) is 16.7. The standard InChI is InChI=1S/C20H24ClN5O2/c1-13(2)15-11-23-26-17(9-16(21)24-18(15)26)25(19(27)28-20(3,4)5)12-14-7-6-8-22-10-14/h6-11,13H,12H2,1-5H3. The topological polar surface area (TPSA) is 72.6 Å². The Labute approximate surface area is 169 Å². The predicted molar refractivity (Wildman–Crippen MR) is 109 cm³/mol.